The molecule has 6 nitrogen and oxygen atoms in total. The number of nitrogens with one attached hydrogen (secondary N) is 2. The summed E-state index contributed by atoms with van der Waals surface area (Å²) in [5.74, 6) is 0.553. The largest absolute Gasteiger partial charge is 0.573 e. The van der Waals surface area contributed by atoms with E-state index in [0.29, 0.717) is 10.8 Å². The predicted molar refractivity (Wildman–Crippen MR) is 133 cm³/mol. The van der Waals surface area contributed by atoms with E-state index >= 15 is 0 Å². The van der Waals surface area contributed by atoms with Crippen molar-refractivity contribution >= 4 is 51.5 Å². The van der Waals surface area contributed by atoms with Crippen molar-refractivity contribution in [1.82, 2.24) is 15.5 Å². The monoisotopic (exact) mass is 523 g/mol. The Hall–Kier alpha value is -2.83. The molecule has 1 aromatic carbocycles. The summed E-state index contributed by atoms with van der Waals surface area (Å²) in [4.78, 5) is 6.58. The summed E-state index contributed by atoms with van der Waals surface area (Å²) < 4.78 is 40.8. The molecule has 0 amide bonds. The van der Waals surface area contributed by atoms with Crippen molar-refractivity contribution in [1.29, 1.82) is 0 Å². The molecule has 1 aliphatic rings. The van der Waals surface area contributed by atoms with Crippen molar-refractivity contribution in [3.8, 4) is 15.6 Å². The van der Waals surface area contributed by atoms with E-state index < -0.39 is 6.36 Å². The van der Waals surface area contributed by atoms with E-state index in [1.165, 1.54) is 41.2 Å². The first kappa shape index (κ1) is 24.3. The Kier molecular flexibility index (Phi) is 7.59. The molecule has 0 bridgehead atoms. The minimum Gasteiger partial charge on any atom is -0.406 e. The highest BCUT2D eigenvalue weighted by molar-refractivity contribution is 7.99. The number of thiophene rings is 1. The van der Waals surface area contributed by atoms with E-state index in [1.807, 2.05) is 24.6 Å². The van der Waals surface area contributed by atoms with Gasteiger partial charge in [0.25, 0.3) is 0 Å². The molecule has 2 aromatic heterocycles. The molecule has 1 aliphatic heterocycles. The molecular weight excluding hydrogens is 503 g/mol. The molecule has 178 valence electrons. The van der Waals surface area contributed by atoms with E-state index in [9.17, 15) is 13.2 Å². The van der Waals surface area contributed by atoms with E-state index in [-0.39, 0.29) is 11.9 Å². The van der Waals surface area contributed by atoms with E-state index in [0.717, 1.165) is 32.7 Å². The van der Waals surface area contributed by atoms with Crippen LogP contribution in [-0.4, -0.2) is 34.7 Å². The number of nitrogens with zero attached hydrogens (tertiary/aromatic N) is 3. The van der Waals surface area contributed by atoms with Gasteiger partial charge in [-0.05, 0) is 48.7 Å². The van der Waals surface area contributed by atoms with Crippen LogP contribution in [0.1, 0.15) is 13.3 Å². The Morgan fingerprint density at radius 1 is 1.24 bits per heavy atom. The Morgan fingerprint density at radius 3 is 2.76 bits per heavy atom. The number of allylic oxidation sites excluding steroid dienone is 2. The van der Waals surface area contributed by atoms with Gasteiger partial charge in [0, 0.05) is 34.7 Å². The first-order chi connectivity index (χ1) is 16.2. The molecule has 0 saturated heterocycles. The lowest BCUT2D eigenvalue weighted by Crippen LogP contribution is -2.27. The number of halogens is 3. The number of hydrogen-bond acceptors (Lipinski definition) is 9. The van der Waals surface area contributed by atoms with Crippen LogP contribution >= 0.6 is 34.4 Å². The van der Waals surface area contributed by atoms with Gasteiger partial charge in [-0.3, -0.25) is 4.99 Å². The van der Waals surface area contributed by atoms with Crippen LogP contribution in [0.15, 0.2) is 69.5 Å². The van der Waals surface area contributed by atoms with Crippen LogP contribution in [0, 0.1) is 0 Å². The molecule has 0 fully saturated rings. The van der Waals surface area contributed by atoms with Crippen LogP contribution < -0.4 is 15.4 Å². The van der Waals surface area contributed by atoms with Gasteiger partial charge < -0.3 is 15.4 Å². The molecule has 0 spiro atoms. The van der Waals surface area contributed by atoms with E-state index in [4.69, 9.17) is 0 Å². The number of ether oxygens (including phenoxy) is 1. The zero-order chi connectivity index (χ0) is 24.1. The van der Waals surface area contributed by atoms with Crippen molar-refractivity contribution in [3.63, 3.8) is 0 Å². The molecular formula is C22H20F3N5OS3. The third-order valence-electron chi connectivity index (χ3n) is 4.45. The average molecular weight is 524 g/mol. The maximum Gasteiger partial charge on any atom is 0.573 e. The normalized spacial score (nSPS) is 15.6. The number of alkyl halides is 3. The van der Waals surface area contributed by atoms with Crippen LogP contribution in [0.5, 0.6) is 5.75 Å². The summed E-state index contributed by atoms with van der Waals surface area (Å²) in [6, 6.07) is 7.54. The summed E-state index contributed by atoms with van der Waals surface area (Å²) in [6.45, 7) is 5.80. The lowest BCUT2D eigenvalue weighted by Gasteiger charge is -2.20. The highest BCUT2D eigenvalue weighted by Gasteiger charge is 2.31. The number of anilines is 2. The number of dihydropyridines is 1. The van der Waals surface area contributed by atoms with Crippen LogP contribution in [0.25, 0.3) is 9.88 Å². The summed E-state index contributed by atoms with van der Waals surface area (Å²) in [6.07, 6.45) is 0.0114. The Labute approximate surface area is 206 Å². The number of hydrogen-bond donors (Lipinski definition) is 2. The van der Waals surface area contributed by atoms with Crippen molar-refractivity contribution in [2.24, 2.45) is 4.99 Å². The van der Waals surface area contributed by atoms with Crippen molar-refractivity contribution in [2.75, 3.05) is 11.1 Å². The zero-order valence-corrected chi connectivity index (χ0v) is 20.4. The summed E-state index contributed by atoms with van der Waals surface area (Å²) in [5, 5.41) is 18.1. The molecule has 12 heteroatoms. The summed E-state index contributed by atoms with van der Waals surface area (Å²) >= 11 is 4.71. The van der Waals surface area contributed by atoms with E-state index in [1.54, 1.807) is 23.1 Å². The van der Waals surface area contributed by atoms with Crippen LogP contribution in [-0.2, 0) is 0 Å². The third-order valence-corrected chi connectivity index (χ3v) is 7.65. The number of rotatable bonds is 9. The lowest BCUT2D eigenvalue weighted by atomic mass is 10.1. The summed E-state index contributed by atoms with van der Waals surface area (Å²) in [7, 11) is 0. The molecule has 1 atom stereocenters. The average Bonchev–Trinajstić information content (AvgIpc) is 3.41. The second-order valence-corrected chi connectivity index (χ2v) is 10.2. The minimum absolute atomic E-state index is 0.0194. The lowest BCUT2D eigenvalue weighted by molar-refractivity contribution is -0.274. The highest BCUT2D eigenvalue weighted by atomic mass is 32.2. The number of aromatic nitrogens is 2. The zero-order valence-electron chi connectivity index (χ0n) is 17.9. The Morgan fingerprint density at radius 2 is 2.03 bits per heavy atom. The van der Waals surface area contributed by atoms with Gasteiger partial charge in [0.15, 0.2) is 5.01 Å². The molecule has 0 radical (unpaired) electrons. The first-order valence-electron chi connectivity index (χ1n) is 10.1. The molecule has 2 N–H and O–H groups in total. The quantitative estimate of drug-likeness (QED) is 0.299. The van der Waals surface area contributed by atoms with Crippen molar-refractivity contribution in [2.45, 2.75) is 30.8 Å². The smallest absolute Gasteiger partial charge is 0.406 e. The van der Waals surface area contributed by atoms with Gasteiger partial charge in [0.2, 0.25) is 5.13 Å². The Balaban J connectivity index is 1.37. The second kappa shape index (κ2) is 10.6. The SMILES string of the molecule is C=C(C)NC1CC(CSc2ccsc2-c2nnc(Nc3ccc(OC(F)(F)F)cc3)s2)=CC=N1. The maximum absolute atomic E-state index is 12.3. The number of aliphatic imine (C=N–C) groups is 1. The maximum atomic E-state index is 12.3. The number of benzene rings is 1. The van der Waals surface area contributed by atoms with Gasteiger partial charge in [0.1, 0.15) is 11.9 Å². The Bertz CT molecular complexity index is 1200. The highest BCUT2D eigenvalue weighted by Crippen LogP contribution is 2.40. The van der Waals surface area contributed by atoms with Gasteiger partial charge in [-0.15, -0.1) is 46.5 Å². The molecule has 4 rings (SSSR count). The third kappa shape index (κ3) is 6.84. The van der Waals surface area contributed by atoms with Crippen LogP contribution in [0.4, 0.5) is 24.0 Å². The van der Waals surface area contributed by atoms with Crippen molar-refractivity contribution < 1.29 is 17.9 Å². The summed E-state index contributed by atoms with van der Waals surface area (Å²) in [5.41, 5.74) is 2.76. The second-order valence-electron chi connectivity index (χ2n) is 7.28. The predicted octanol–water partition coefficient (Wildman–Crippen LogP) is 6.85. The number of thioether (sulfide) groups is 1. The first-order valence-corrected chi connectivity index (χ1v) is 12.7. The fourth-order valence-electron chi connectivity index (χ4n) is 3.07. The molecule has 0 aliphatic carbocycles. The van der Waals surface area contributed by atoms with Gasteiger partial charge in [-0.1, -0.05) is 23.5 Å². The van der Waals surface area contributed by atoms with E-state index in [2.05, 4.69) is 43.2 Å². The van der Waals surface area contributed by atoms with Gasteiger partial charge in [0.05, 0.1) is 4.88 Å². The standard InChI is InChI=1S/C22H20F3N5OS3/c1-13(2)27-18-11-14(7-9-26-18)12-33-17-8-10-32-19(17)20-29-30-21(34-20)28-15-3-5-16(6-4-15)31-22(23,24)25/h3-10,18,27H,1,11-12H2,2H3,(H,28,30). The topological polar surface area (TPSA) is 71.4 Å². The fraction of sp³-hybridized carbons (Fsp3) is 0.227. The van der Waals surface area contributed by atoms with Gasteiger partial charge in [-0.2, -0.15) is 0 Å². The van der Waals surface area contributed by atoms with Crippen LogP contribution in [0.3, 0.4) is 0 Å². The van der Waals surface area contributed by atoms with Gasteiger partial charge in [-0.25, -0.2) is 0 Å². The minimum atomic E-state index is -4.72. The molecule has 3 aromatic rings. The van der Waals surface area contributed by atoms with Crippen LogP contribution in [0.2, 0.25) is 0 Å². The molecule has 3 heterocycles. The van der Waals surface area contributed by atoms with Gasteiger partial charge >= 0.3 is 6.36 Å². The molecule has 1 unspecified atom stereocenters. The molecule has 0 saturated carbocycles. The van der Waals surface area contributed by atoms with Crippen molar-refractivity contribution in [3.05, 3.63) is 59.6 Å². The fourth-order valence-corrected chi connectivity index (χ4v) is 6.14. The molecule has 34 heavy (non-hydrogen) atoms.